The van der Waals surface area contributed by atoms with E-state index in [1.807, 2.05) is 0 Å². The molecule has 0 bridgehead atoms. The second kappa shape index (κ2) is 8.29. The Morgan fingerprint density at radius 1 is 1.21 bits per heavy atom. The molecule has 0 aliphatic carbocycles. The molecule has 1 fully saturated rings. The SMILES string of the molecule is COc1ccc(OC)c(CNC(=O)C2CC(=O)N(c3ccc(C)cc3F)C2)c1. The standard InChI is InChI=1S/C21H23FN2O4/c1-13-4-6-18(17(22)8-13)24-12-15(10-20(24)25)21(26)23-11-14-9-16(27-2)5-7-19(14)28-3/h4-9,15H,10-12H2,1-3H3,(H,23,26). The van der Waals surface area contributed by atoms with Crippen molar-refractivity contribution < 1.29 is 23.5 Å². The van der Waals surface area contributed by atoms with Gasteiger partial charge in [-0.2, -0.15) is 0 Å². The molecule has 2 aromatic rings. The van der Waals surface area contributed by atoms with E-state index in [9.17, 15) is 14.0 Å². The minimum absolute atomic E-state index is 0.0500. The van der Waals surface area contributed by atoms with Crippen molar-refractivity contribution in [3.63, 3.8) is 0 Å². The lowest BCUT2D eigenvalue weighted by Crippen LogP contribution is -2.33. The zero-order chi connectivity index (χ0) is 20.3. The lowest BCUT2D eigenvalue weighted by atomic mass is 10.1. The van der Waals surface area contributed by atoms with Gasteiger partial charge in [-0.1, -0.05) is 6.07 Å². The highest BCUT2D eigenvalue weighted by Crippen LogP contribution is 2.28. The quantitative estimate of drug-likeness (QED) is 0.829. The van der Waals surface area contributed by atoms with Crippen LogP contribution in [0.3, 0.4) is 0 Å². The van der Waals surface area contributed by atoms with Gasteiger partial charge in [0.05, 0.1) is 25.8 Å². The summed E-state index contributed by atoms with van der Waals surface area (Å²) in [6.07, 6.45) is 0.0500. The Morgan fingerprint density at radius 2 is 2.00 bits per heavy atom. The number of methoxy groups -OCH3 is 2. The number of aryl methyl sites for hydroxylation is 1. The minimum atomic E-state index is -0.537. The first-order valence-corrected chi connectivity index (χ1v) is 8.98. The van der Waals surface area contributed by atoms with Gasteiger partial charge in [-0.25, -0.2) is 4.39 Å². The third-order valence-electron chi connectivity index (χ3n) is 4.83. The summed E-state index contributed by atoms with van der Waals surface area (Å²) in [5.74, 6) is -0.232. The van der Waals surface area contributed by atoms with Crippen molar-refractivity contribution in [2.75, 3.05) is 25.7 Å². The van der Waals surface area contributed by atoms with Crippen LogP contribution in [0.25, 0.3) is 0 Å². The van der Waals surface area contributed by atoms with Gasteiger partial charge in [-0.15, -0.1) is 0 Å². The van der Waals surface area contributed by atoms with Crippen LogP contribution in [0.15, 0.2) is 36.4 Å². The Labute approximate surface area is 163 Å². The van der Waals surface area contributed by atoms with E-state index in [1.165, 1.54) is 11.0 Å². The number of amides is 2. The molecule has 148 valence electrons. The fraction of sp³-hybridized carbons (Fsp3) is 0.333. The summed E-state index contributed by atoms with van der Waals surface area (Å²) < 4.78 is 24.7. The van der Waals surface area contributed by atoms with Crippen LogP contribution in [-0.2, 0) is 16.1 Å². The average molecular weight is 386 g/mol. The first-order valence-electron chi connectivity index (χ1n) is 8.98. The highest BCUT2D eigenvalue weighted by Gasteiger charge is 2.36. The lowest BCUT2D eigenvalue weighted by molar-refractivity contribution is -0.126. The molecule has 2 aromatic carbocycles. The summed E-state index contributed by atoms with van der Waals surface area (Å²) in [5.41, 5.74) is 1.75. The second-order valence-electron chi connectivity index (χ2n) is 6.76. The molecule has 6 nitrogen and oxygen atoms in total. The van der Waals surface area contributed by atoms with Crippen molar-refractivity contribution in [1.29, 1.82) is 0 Å². The third-order valence-corrected chi connectivity index (χ3v) is 4.83. The number of ether oxygens (including phenoxy) is 2. The van der Waals surface area contributed by atoms with E-state index in [0.29, 0.717) is 11.5 Å². The van der Waals surface area contributed by atoms with Gasteiger partial charge in [-0.05, 0) is 42.8 Å². The Hall–Kier alpha value is -3.09. The van der Waals surface area contributed by atoms with Gasteiger partial charge in [0, 0.05) is 25.1 Å². The maximum absolute atomic E-state index is 14.2. The second-order valence-corrected chi connectivity index (χ2v) is 6.76. The fourth-order valence-corrected chi connectivity index (χ4v) is 3.29. The molecule has 1 saturated heterocycles. The van der Waals surface area contributed by atoms with E-state index in [-0.39, 0.29) is 37.0 Å². The predicted molar refractivity (Wildman–Crippen MR) is 103 cm³/mol. The van der Waals surface area contributed by atoms with E-state index in [0.717, 1.165) is 11.1 Å². The summed E-state index contributed by atoms with van der Waals surface area (Å²) in [6, 6.07) is 10.0. The first kappa shape index (κ1) is 19.7. The zero-order valence-electron chi connectivity index (χ0n) is 16.1. The van der Waals surface area contributed by atoms with Crippen LogP contribution in [0, 0.1) is 18.7 Å². The van der Waals surface area contributed by atoms with Gasteiger partial charge in [0.25, 0.3) is 0 Å². The summed E-state index contributed by atoms with van der Waals surface area (Å²) >= 11 is 0. The molecule has 0 aromatic heterocycles. The molecule has 1 aliphatic rings. The molecular formula is C21H23FN2O4. The van der Waals surface area contributed by atoms with Crippen LogP contribution >= 0.6 is 0 Å². The van der Waals surface area contributed by atoms with Gasteiger partial charge in [-0.3, -0.25) is 9.59 Å². The minimum Gasteiger partial charge on any atom is -0.497 e. The monoisotopic (exact) mass is 386 g/mol. The predicted octanol–water partition coefficient (Wildman–Crippen LogP) is 2.82. The van der Waals surface area contributed by atoms with Gasteiger partial charge in [0.15, 0.2) is 0 Å². The molecule has 0 saturated carbocycles. The van der Waals surface area contributed by atoms with Crippen LogP contribution in [-0.4, -0.2) is 32.6 Å². The Kier molecular flexibility index (Phi) is 5.82. The first-order chi connectivity index (χ1) is 13.4. The zero-order valence-corrected chi connectivity index (χ0v) is 16.1. The number of rotatable bonds is 6. The van der Waals surface area contributed by atoms with Crippen LogP contribution in [0.2, 0.25) is 0 Å². The van der Waals surface area contributed by atoms with Crippen LogP contribution in [0.4, 0.5) is 10.1 Å². The molecule has 1 unspecified atom stereocenters. The molecule has 1 N–H and O–H groups in total. The van der Waals surface area contributed by atoms with E-state index < -0.39 is 11.7 Å². The van der Waals surface area contributed by atoms with Crippen molar-refractivity contribution in [2.45, 2.75) is 19.9 Å². The summed E-state index contributed by atoms with van der Waals surface area (Å²) in [7, 11) is 3.11. The normalized spacial score (nSPS) is 16.2. The van der Waals surface area contributed by atoms with Crippen molar-refractivity contribution >= 4 is 17.5 Å². The molecule has 1 atom stereocenters. The number of benzene rings is 2. The molecule has 1 heterocycles. The highest BCUT2D eigenvalue weighted by molar-refractivity contribution is 6.00. The summed E-state index contributed by atoms with van der Waals surface area (Å²) in [6.45, 7) is 2.17. The van der Waals surface area contributed by atoms with Crippen molar-refractivity contribution in [2.24, 2.45) is 5.92 Å². The number of halogens is 1. The van der Waals surface area contributed by atoms with Crippen LogP contribution in [0.5, 0.6) is 11.5 Å². The lowest BCUT2D eigenvalue weighted by Gasteiger charge is -2.18. The molecule has 0 spiro atoms. The molecule has 1 aliphatic heterocycles. The summed E-state index contributed by atoms with van der Waals surface area (Å²) in [4.78, 5) is 26.2. The maximum Gasteiger partial charge on any atom is 0.227 e. The number of carbonyl (C=O) groups excluding carboxylic acids is 2. The topological polar surface area (TPSA) is 67.9 Å². The molecule has 28 heavy (non-hydrogen) atoms. The Bertz CT molecular complexity index is 900. The van der Waals surface area contributed by atoms with Gasteiger partial charge >= 0.3 is 0 Å². The van der Waals surface area contributed by atoms with Gasteiger partial charge in [0.2, 0.25) is 11.8 Å². The number of anilines is 1. The number of nitrogens with zero attached hydrogens (tertiary/aromatic N) is 1. The van der Waals surface area contributed by atoms with Gasteiger partial charge in [0.1, 0.15) is 17.3 Å². The molecular weight excluding hydrogens is 363 g/mol. The number of hydrogen-bond donors (Lipinski definition) is 1. The average Bonchev–Trinajstić information content (AvgIpc) is 3.07. The summed E-state index contributed by atoms with van der Waals surface area (Å²) in [5, 5.41) is 2.84. The molecule has 0 radical (unpaired) electrons. The Morgan fingerprint density at radius 3 is 2.68 bits per heavy atom. The van der Waals surface area contributed by atoms with Gasteiger partial charge < -0.3 is 19.7 Å². The van der Waals surface area contributed by atoms with E-state index in [2.05, 4.69) is 5.32 Å². The van der Waals surface area contributed by atoms with Crippen LogP contribution in [0.1, 0.15) is 17.5 Å². The molecule has 3 rings (SSSR count). The van der Waals surface area contributed by atoms with Crippen molar-refractivity contribution in [3.05, 3.63) is 53.3 Å². The largest absolute Gasteiger partial charge is 0.497 e. The molecule has 2 amide bonds. The Balaban J connectivity index is 1.67. The molecule has 7 heteroatoms. The highest BCUT2D eigenvalue weighted by atomic mass is 19.1. The van der Waals surface area contributed by atoms with Crippen LogP contribution < -0.4 is 19.7 Å². The maximum atomic E-state index is 14.2. The van der Waals surface area contributed by atoms with E-state index in [1.54, 1.807) is 51.5 Å². The van der Waals surface area contributed by atoms with E-state index >= 15 is 0 Å². The number of hydrogen-bond acceptors (Lipinski definition) is 4. The smallest absolute Gasteiger partial charge is 0.227 e. The van der Waals surface area contributed by atoms with Crippen molar-refractivity contribution in [1.82, 2.24) is 5.32 Å². The fourth-order valence-electron chi connectivity index (χ4n) is 3.29. The van der Waals surface area contributed by atoms with Crippen molar-refractivity contribution in [3.8, 4) is 11.5 Å². The van der Waals surface area contributed by atoms with E-state index in [4.69, 9.17) is 9.47 Å². The third kappa shape index (κ3) is 4.08. The number of nitrogens with one attached hydrogen (secondary N) is 1. The number of carbonyl (C=O) groups is 2.